The van der Waals surface area contributed by atoms with Gasteiger partial charge in [-0.2, -0.15) is 0 Å². The standard InChI is InChI=1S/C24H39N3O2/c1-24(2,3)20-9-11-22(12-10-20)29-18-6-8-23(28)27-16-14-26(15-17-27)21-7-5-13-25(4)19-21/h9-12,21H,5-8,13-19H2,1-4H3. The van der Waals surface area contributed by atoms with E-state index in [1.165, 1.54) is 31.5 Å². The van der Waals surface area contributed by atoms with E-state index in [0.29, 0.717) is 19.1 Å². The molecule has 5 nitrogen and oxygen atoms in total. The molecule has 0 N–H and O–H groups in total. The summed E-state index contributed by atoms with van der Waals surface area (Å²) in [6, 6.07) is 8.99. The molecule has 5 heteroatoms. The van der Waals surface area contributed by atoms with Crippen molar-refractivity contribution in [2.24, 2.45) is 0 Å². The van der Waals surface area contributed by atoms with Gasteiger partial charge in [0.15, 0.2) is 0 Å². The first kappa shape index (κ1) is 22.1. The van der Waals surface area contributed by atoms with Gasteiger partial charge in [0.1, 0.15) is 5.75 Å². The highest BCUT2D eigenvalue weighted by Gasteiger charge is 2.28. The number of likely N-dealkylation sites (N-methyl/N-ethyl adjacent to an activating group) is 1. The molecule has 3 rings (SSSR count). The highest BCUT2D eigenvalue weighted by molar-refractivity contribution is 5.76. The lowest BCUT2D eigenvalue weighted by molar-refractivity contribution is -0.133. The molecule has 1 atom stereocenters. The average Bonchev–Trinajstić information content (AvgIpc) is 2.71. The van der Waals surface area contributed by atoms with Crippen molar-refractivity contribution in [3.63, 3.8) is 0 Å². The molecule has 0 spiro atoms. The number of amides is 1. The van der Waals surface area contributed by atoms with Crippen molar-refractivity contribution >= 4 is 5.91 Å². The summed E-state index contributed by atoms with van der Waals surface area (Å²) in [5.74, 6) is 1.16. The Morgan fingerprint density at radius 2 is 1.76 bits per heavy atom. The molecule has 1 unspecified atom stereocenters. The van der Waals surface area contributed by atoms with E-state index in [-0.39, 0.29) is 11.3 Å². The van der Waals surface area contributed by atoms with Crippen LogP contribution in [0.1, 0.15) is 52.0 Å². The topological polar surface area (TPSA) is 36.0 Å². The van der Waals surface area contributed by atoms with Crippen LogP contribution in [0.25, 0.3) is 0 Å². The van der Waals surface area contributed by atoms with E-state index in [2.05, 4.69) is 49.8 Å². The summed E-state index contributed by atoms with van der Waals surface area (Å²) >= 11 is 0. The fourth-order valence-corrected chi connectivity index (χ4v) is 4.40. The van der Waals surface area contributed by atoms with Gasteiger partial charge in [0.2, 0.25) is 5.91 Å². The quantitative estimate of drug-likeness (QED) is 0.685. The minimum absolute atomic E-state index is 0.155. The first-order valence-corrected chi connectivity index (χ1v) is 11.3. The van der Waals surface area contributed by atoms with Crippen LogP contribution in [0.2, 0.25) is 0 Å². The highest BCUT2D eigenvalue weighted by Crippen LogP contribution is 2.24. The predicted octanol–water partition coefficient (Wildman–Crippen LogP) is 3.38. The van der Waals surface area contributed by atoms with Crippen molar-refractivity contribution in [2.45, 2.75) is 57.9 Å². The van der Waals surface area contributed by atoms with Crippen molar-refractivity contribution in [1.29, 1.82) is 0 Å². The van der Waals surface area contributed by atoms with Gasteiger partial charge in [0.05, 0.1) is 6.61 Å². The van der Waals surface area contributed by atoms with E-state index < -0.39 is 0 Å². The van der Waals surface area contributed by atoms with E-state index in [1.807, 2.05) is 17.0 Å². The summed E-state index contributed by atoms with van der Waals surface area (Å²) in [6.07, 6.45) is 3.94. The van der Waals surface area contributed by atoms with Crippen LogP contribution in [0.4, 0.5) is 0 Å². The average molecular weight is 402 g/mol. The lowest BCUT2D eigenvalue weighted by Gasteiger charge is -2.42. The third kappa shape index (κ3) is 6.45. The number of hydrogen-bond donors (Lipinski definition) is 0. The summed E-state index contributed by atoms with van der Waals surface area (Å²) in [6.45, 7) is 13.4. The number of carbonyl (C=O) groups is 1. The van der Waals surface area contributed by atoms with Crippen molar-refractivity contribution in [3.8, 4) is 5.75 Å². The van der Waals surface area contributed by atoms with Gasteiger partial charge in [0.25, 0.3) is 0 Å². The maximum absolute atomic E-state index is 12.5. The fourth-order valence-electron chi connectivity index (χ4n) is 4.40. The van der Waals surface area contributed by atoms with E-state index in [4.69, 9.17) is 4.74 Å². The largest absolute Gasteiger partial charge is 0.494 e. The molecule has 162 valence electrons. The molecule has 2 fully saturated rings. The number of hydrogen-bond acceptors (Lipinski definition) is 4. The van der Waals surface area contributed by atoms with Crippen LogP contribution in [-0.2, 0) is 10.2 Å². The Hall–Kier alpha value is -1.59. The summed E-state index contributed by atoms with van der Waals surface area (Å²) in [5.41, 5.74) is 1.46. The molecule has 2 aliphatic heterocycles. The van der Waals surface area contributed by atoms with Gasteiger partial charge >= 0.3 is 0 Å². The van der Waals surface area contributed by atoms with Crippen LogP contribution in [0.3, 0.4) is 0 Å². The smallest absolute Gasteiger partial charge is 0.222 e. The molecule has 0 bridgehead atoms. The normalized spacial score (nSPS) is 21.9. The second-order valence-electron chi connectivity index (χ2n) is 9.70. The van der Waals surface area contributed by atoms with Crippen molar-refractivity contribution in [3.05, 3.63) is 29.8 Å². The molecule has 2 aliphatic rings. The number of nitrogens with zero attached hydrogens (tertiary/aromatic N) is 3. The van der Waals surface area contributed by atoms with Crippen molar-refractivity contribution < 1.29 is 9.53 Å². The first-order chi connectivity index (χ1) is 13.8. The number of carbonyl (C=O) groups excluding carboxylic acids is 1. The number of benzene rings is 1. The zero-order valence-corrected chi connectivity index (χ0v) is 18.8. The van der Waals surface area contributed by atoms with Crippen molar-refractivity contribution in [1.82, 2.24) is 14.7 Å². The molecule has 2 heterocycles. The Morgan fingerprint density at radius 1 is 1.07 bits per heavy atom. The SMILES string of the molecule is CN1CCCC(N2CCN(C(=O)CCCOc3ccc(C(C)(C)C)cc3)CC2)C1. The molecule has 0 radical (unpaired) electrons. The van der Waals surface area contributed by atoms with Crippen LogP contribution < -0.4 is 4.74 Å². The Morgan fingerprint density at radius 3 is 2.38 bits per heavy atom. The van der Waals surface area contributed by atoms with Gasteiger partial charge in [-0.15, -0.1) is 0 Å². The van der Waals surface area contributed by atoms with Gasteiger partial charge in [0, 0.05) is 45.2 Å². The maximum atomic E-state index is 12.5. The van der Waals surface area contributed by atoms with Crippen molar-refractivity contribution in [2.75, 3.05) is 52.9 Å². The zero-order valence-electron chi connectivity index (χ0n) is 18.8. The molecule has 29 heavy (non-hydrogen) atoms. The molecule has 1 amide bonds. The summed E-state index contributed by atoms with van der Waals surface area (Å²) in [7, 11) is 2.22. The highest BCUT2D eigenvalue weighted by atomic mass is 16.5. The summed E-state index contributed by atoms with van der Waals surface area (Å²) in [4.78, 5) is 19.6. The molecule has 2 saturated heterocycles. The van der Waals surface area contributed by atoms with Gasteiger partial charge in [-0.25, -0.2) is 0 Å². The molecule has 0 saturated carbocycles. The number of piperazine rings is 1. The van der Waals surface area contributed by atoms with Gasteiger partial charge in [-0.3, -0.25) is 9.69 Å². The Kier molecular flexibility index (Phi) is 7.58. The second-order valence-corrected chi connectivity index (χ2v) is 9.70. The maximum Gasteiger partial charge on any atom is 0.222 e. The number of piperidine rings is 1. The van der Waals surface area contributed by atoms with E-state index in [9.17, 15) is 4.79 Å². The van der Waals surface area contributed by atoms with Crippen LogP contribution >= 0.6 is 0 Å². The Labute approximate surface area is 177 Å². The minimum Gasteiger partial charge on any atom is -0.494 e. The third-order valence-electron chi connectivity index (χ3n) is 6.31. The predicted molar refractivity (Wildman–Crippen MR) is 119 cm³/mol. The lowest BCUT2D eigenvalue weighted by Crippen LogP contribution is -2.55. The van der Waals surface area contributed by atoms with Crippen LogP contribution in [-0.4, -0.2) is 79.6 Å². The van der Waals surface area contributed by atoms with Gasteiger partial charge in [-0.1, -0.05) is 32.9 Å². The molecule has 1 aromatic carbocycles. The van der Waals surface area contributed by atoms with E-state index in [1.54, 1.807) is 0 Å². The number of ether oxygens (including phenoxy) is 1. The minimum atomic E-state index is 0.155. The first-order valence-electron chi connectivity index (χ1n) is 11.3. The number of likely N-dealkylation sites (tertiary alicyclic amines) is 1. The van der Waals surface area contributed by atoms with E-state index >= 15 is 0 Å². The zero-order chi connectivity index (χ0) is 20.9. The monoisotopic (exact) mass is 401 g/mol. The Bertz CT molecular complexity index is 645. The molecular formula is C24H39N3O2. The molecule has 1 aromatic rings. The lowest BCUT2D eigenvalue weighted by atomic mass is 9.87. The van der Waals surface area contributed by atoms with Gasteiger partial charge in [-0.05, 0) is 56.0 Å². The number of rotatable bonds is 6. The summed E-state index contributed by atoms with van der Waals surface area (Å²) in [5, 5.41) is 0. The molecule has 0 aromatic heterocycles. The fraction of sp³-hybridized carbons (Fsp3) is 0.708. The summed E-state index contributed by atoms with van der Waals surface area (Å²) < 4.78 is 5.83. The second kappa shape index (κ2) is 9.94. The molecular weight excluding hydrogens is 362 g/mol. The van der Waals surface area contributed by atoms with Crippen LogP contribution in [0, 0.1) is 0 Å². The third-order valence-corrected chi connectivity index (χ3v) is 6.31. The van der Waals surface area contributed by atoms with Crippen LogP contribution in [0.5, 0.6) is 5.75 Å². The van der Waals surface area contributed by atoms with Crippen LogP contribution in [0.15, 0.2) is 24.3 Å². The van der Waals surface area contributed by atoms with Gasteiger partial charge < -0.3 is 14.5 Å². The Balaban J connectivity index is 1.33. The van der Waals surface area contributed by atoms with E-state index in [0.717, 1.165) is 38.3 Å². The molecule has 0 aliphatic carbocycles.